The van der Waals surface area contributed by atoms with Gasteiger partial charge in [0.2, 0.25) is 5.91 Å². The van der Waals surface area contributed by atoms with Gasteiger partial charge in [0.15, 0.2) is 0 Å². The first-order valence-electron chi connectivity index (χ1n) is 7.83. The normalized spacial score (nSPS) is 18.4. The Hall–Kier alpha value is -1.39. The molecule has 21 heavy (non-hydrogen) atoms. The molecule has 0 spiro atoms. The maximum Gasteiger partial charge on any atom is 0.238 e. The first-order chi connectivity index (χ1) is 10.1. The Morgan fingerprint density at radius 3 is 2.52 bits per heavy atom. The minimum absolute atomic E-state index is 0.0433. The van der Waals surface area contributed by atoms with Gasteiger partial charge in [0, 0.05) is 20.1 Å². The number of nitrogens with two attached hydrogens (primary N) is 1. The average molecular weight is 289 g/mol. The molecule has 116 valence electrons. The predicted octanol–water partition coefficient (Wildman–Crippen LogP) is 1.70. The number of carbonyl (C=O) groups excluding carboxylic acids is 1. The van der Waals surface area contributed by atoms with Gasteiger partial charge in [-0.15, -0.1) is 0 Å². The average Bonchev–Trinajstić information content (AvgIpc) is 2.49. The summed E-state index contributed by atoms with van der Waals surface area (Å²) in [6.07, 6.45) is 2.31. The molecule has 0 aliphatic carbocycles. The third-order valence-electron chi connectivity index (χ3n) is 4.25. The maximum absolute atomic E-state index is 11.8. The van der Waals surface area contributed by atoms with E-state index in [0.717, 1.165) is 39.0 Å². The van der Waals surface area contributed by atoms with E-state index in [2.05, 4.69) is 35.2 Å². The van der Waals surface area contributed by atoms with Crippen molar-refractivity contribution in [2.75, 3.05) is 26.7 Å². The summed E-state index contributed by atoms with van der Waals surface area (Å²) in [7, 11) is 1.86. The van der Waals surface area contributed by atoms with Crippen LogP contribution in [0, 0.1) is 5.92 Å². The van der Waals surface area contributed by atoms with E-state index >= 15 is 0 Å². The highest BCUT2D eigenvalue weighted by molar-refractivity contribution is 5.80. The highest BCUT2D eigenvalue weighted by atomic mass is 16.2. The van der Waals surface area contributed by atoms with Crippen LogP contribution in [0.1, 0.15) is 25.3 Å². The van der Waals surface area contributed by atoms with Gasteiger partial charge in [0.1, 0.15) is 0 Å². The van der Waals surface area contributed by atoms with E-state index < -0.39 is 6.04 Å². The lowest BCUT2D eigenvalue weighted by Gasteiger charge is -2.34. The molecule has 4 heteroatoms. The molecule has 4 nitrogen and oxygen atoms in total. The van der Waals surface area contributed by atoms with E-state index in [4.69, 9.17) is 5.73 Å². The van der Waals surface area contributed by atoms with Crippen LogP contribution in [0.5, 0.6) is 0 Å². The molecule has 1 heterocycles. The summed E-state index contributed by atoms with van der Waals surface area (Å²) >= 11 is 0. The third kappa shape index (κ3) is 4.83. The third-order valence-corrected chi connectivity index (χ3v) is 4.25. The van der Waals surface area contributed by atoms with Crippen molar-refractivity contribution in [3.8, 4) is 0 Å². The molecule has 0 aromatic heterocycles. The smallest absolute Gasteiger partial charge is 0.238 e. The van der Waals surface area contributed by atoms with Crippen LogP contribution in [0.15, 0.2) is 30.3 Å². The molecule has 1 amide bonds. The lowest BCUT2D eigenvalue weighted by Crippen LogP contribution is -2.44. The molecule has 2 N–H and O–H groups in total. The van der Waals surface area contributed by atoms with Crippen LogP contribution in [0.2, 0.25) is 0 Å². The lowest BCUT2D eigenvalue weighted by molar-refractivity contribution is -0.131. The molecular weight excluding hydrogens is 262 g/mol. The lowest BCUT2D eigenvalue weighted by atomic mass is 9.95. The van der Waals surface area contributed by atoms with Crippen molar-refractivity contribution in [3.05, 3.63) is 35.9 Å². The number of likely N-dealkylation sites (N-methyl/N-ethyl adjacent to an activating group) is 1. The number of rotatable bonds is 5. The van der Waals surface area contributed by atoms with Crippen LogP contribution < -0.4 is 5.73 Å². The summed E-state index contributed by atoms with van der Waals surface area (Å²) in [6, 6.07) is 10.2. The van der Waals surface area contributed by atoms with E-state index in [9.17, 15) is 4.79 Å². The number of hydrogen-bond donors (Lipinski definition) is 1. The first kappa shape index (κ1) is 16.0. The van der Waals surface area contributed by atoms with E-state index in [1.807, 2.05) is 7.05 Å². The van der Waals surface area contributed by atoms with Crippen molar-refractivity contribution in [2.45, 2.75) is 32.4 Å². The topological polar surface area (TPSA) is 49.6 Å². The van der Waals surface area contributed by atoms with Gasteiger partial charge < -0.3 is 10.6 Å². The zero-order valence-corrected chi connectivity index (χ0v) is 13.2. The number of amides is 1. The molecule has 1 unspecified atom stereocenters. The van der Waals surface area contributed by atoms with Gasteiger partial charge in [-0.1, -0.05) is 30.3 Å². The minimum atomic E-state index is -0.395. The van der Waals surface area contributed by atoms with Gasteiger partial charge in [0.25, 0.3) is 0 Å². The van der Waals surface area contributed by atoms with Crippen molar-refractivity contribution in [1.29, 1.82) is 0 Å². The highest BCUT2D eigenvalue weighted by Gasteiger charge is 2.23. The van der Waals surface area contributed by atoms with Crippen molar-refractivity contribution in [2.24, 2.45) is 11.7 Å². The maximum atomic E-state index is 11.8. The SMILES string of the molecule is CC(N)C(=O)N(C)CC1CCN(Cc2ccccc2)CC1. The highest BCUT2D eigenvalue weighted by Crippen LogP contribution is 2.20. The fourth-order valence-electron chi connectivity index (χ4n) is 2.99. The summed E-state index contributed by atoms with van der Waals surface area (Å²) in [5.74, 6) is 0.645. The zero-order valence-electron chi connectivity index (χ0n) is 13.2. The Kier molecular flexibility index (Phi) is 5.76. The van der Waals surface area contributed by atoms with Crippen molar-refractivity contribution in [3.63, 3.8) is 0 Å². The van der Waals surface area contributed by atoms with E-state index in [-0.39, 0.29) is 5.91 Å². The van der Waals surface area contributed by atoms with Crippen LogP contribution in [0.25, 0.3) is 0 Å². The second-order valence-electron chi connectivity index (χ2n) is 6.21. The Labute approximate surface area is 127 Å². The molecule has 1 saturated heterocycles. The van der Waals surface area contributed by atoms with Gasteiger partial charge >= 0.3 is 0 Å². The quantitative estimate of drug-likeness (QED) is 0.897. The summed E-state index contributed by atoms with van der Waals surface area (Å²) < 4.78 is 0. The van der Waals surface area contributed by atoms with Crippen LogP contribution in [0.3, 0.4) is 0 Å². The number of piperidine rings is 1. The summed E-state index contributed by atoms with van der Waals surface area (Å²) in [6.45, 7) is 5.84. The number of likely N-dealkylation sites (tertiary alicyclic amines) is 1. The standard InChI is InChI=1S/C17H27N3O/c1-14(18)17(21)19(2)12-16-8-10-20(11-9-16)13-15-6-4-3-5-7-15/h3-7,14,16H,8-13,18H2,1-2H3. The largest absolute Gasteiger partial charge is 0.344 e. The molecular formula is C17H27N3O. The van der Waals surface area contributed by atoms with Crippen molar-refractivity contribution in [1.82, 2.24) is 9.80 Å². The number of hydrogen-bond acceptors (Lipinski definition) is 3. The number of carbonyl (C=O) groups is 1. The van der Waals surface area contributed by atoms with Gasteiger partial charge in [-0.3, -0.25) is 9.69 Å². The Morgan fingerprint density at radius 1 is 1.33 bits per heavy atom. The molecule has 0 radical (unpaired) electrons. The Bertz CT molecular complexity index is 439. The fraction of sp³-hybridized carbons (Fsp3) is 0.588. The zero-order chi connectivity index (χ0) is 15.2. The van der Waals surface area contributed by atoms with Gasteiger partial charge in [-0.2, -0.15) is 0 Å². The van der Waals surface area contributed by atoms with E-state index in [1.54, 1.807) is 11.8 Å². The number of benzene rings is 1. The summed E-state index contributed by atoms with van der Waals surface area (Å²) in [5, 5.41) is 0. The Morgan fingerprint density at radius 2 is 1.95 bits per heavy atom. The molecule has 1 aromatic rings. The monoisotopic (exact) mass is 289 g/mol. The molecule has 0 saturated carbocycles. The van der Waals surface area contributed by atoms with Gasteiger partial charge in [0.05, 0.1) is 6.04 Å². The molecule has 2 rings (SSSR count). The predicted molar refractivity (Wildman–Crippen MR) is 85.7 cm³/mol. The molecule has 0 bridgehead atoms. The van der Waals surface area contributed by atoms with Crippen molar-refractivity contribution < 1.29 is 4.79 Å². The van der Waals surface area contributed by atoms with Gasteiger partial charge in [-0.25, -0.2) is 0 Å². The molecule has 1 fully saturated rings. The van der Waals surface area contributed by atoms with Crippen LogP contribution in [0.4, 0.5) is 0 Å². The van der Waals surface area contributed by atoms with Crippen molar-refractivity contribution >= 4 is 5.91 Å². The summed E-state index contributed by atoms with van der Waals surface area (Å²) in [4.78, 5) is 16.1. The van der Waals surface area contributed by atoms with Crippen LogP contribution in [-0.2, 0) is 11.3 Å². The molecule has 1 aliphatic heterocycles. The minimum Gasteiger partial charge on any atom is -0.344 e. The number of nitrogens with zero attached hydrogens (tertiary/aromatic N) is 2. The molecule has 1 aliphatic rings. The van der Waals surface area contributed by atoms with Crippen LogP contribution >= 0.6 is 0 Å². The molecule has 1 aromatic carbocycles. The molecule has 1 atom stereocenters. The fourth-order valence-corrected chi connectivity index (χ4v) is 2.99. The first-order valence-corrected chi connectivity index (χ1v) is 7.83. The van der Waals surface area contributed by atoms with Crippen LogP contribution in [-0.4, -0.2) is 48.4 Å². The Balaban J connectivity index is 1.74. The van der Waals surface area contributed by atoms with E-state index in [1.165, 1.54) is 5.56 Å². The van der Waals surface area contributed by atoms with Gasteiger partial charge in [-0.05, 0) is 44.3 Å². The second-order valence-corrected chi connectivity index (χ2v) is 6.21. The second kappa shape index (κ2) is 7.57. The van der Waals surface area contributed by atoms with E-state index in [0.29, 0.717) is 5.92 Å². The summed E-state index contributed by atoms with van der Waals surface area (Å²) in [5.41, 5.74) is 7.03.